The lowest BCUT2D eigenvalue weighted by atomic mass is 10.1. The lowest BCUT2D eigenvalue weighted by Gasteiger charge is -2.00. The Kier molecular flexibility index (Phi) is 8.62. The van der Waals surface area contributed by atoms with Crippen molar-refractivity contribution in [3.63, 3.8) is 0 Å². The molecule has 0 saturated carbocycles. The fourth-order valence-electron chi connectivity index (χ4n) is 1.05. The van der Waals surface area contributed by atoms with Crippen LogP contribution in [0, 0.1) is 0 Å². The maximum absolute atomic E-state index is 10.1. The molecule has 0 N–H and O–H groups in total. The van der Waals surface area contributed by atoms with Gasteiger partial charge in [-0.2, -0.15) is 5.10 Å². The van der Waals surface area contributed by atoms with Crippen LogP contribution in [0.2, 0.25) is 0 Å². The Morgan fingerprint density at radius 3 is 2.54 bits per heavy atom. The molecule has 0 aromatic carbocycles. The lowest BCUT2D eigenvalue weighted by Crippen LogP contribution is -2.06. The van der Waals surface area contributed by atoms with Crippen LogP contribution in [0.25, 0.3) is 0 Å². The van der Waals surface area contributed by atoms with E-state index in [0.29, 0.717) is 6.41 Å². The number of rotatable bonds is 8. The van der Waals surface area contributed by atoms with Gasteiger partial charge in [0.1, 0.15) is 0 Å². The summed E-state index contributed by atoms with van der Waals surface area (Å²) in [6.45, 7) is 2.21. The second-order valence-corrected chi connectivity index (χ2v) is 3.18. The van der Waals surface area contributed by atoms with Crippen molar-refractivity contribution in [1.29, 1.82) is 0 Å². The molecular weight excluding hydrogens is 164 g/mol. The summed E-state index contributed by atoms with van der Waals surface area (Å²) >= 11 is 0. The Bertz CT molecular complexity index is 146. The van der Waals surface area contributed by atoms with E-state index in [4.69, 9.17) is 0 Å². The van der Waals surface area contributed by atoms with Gasteiger partial charge < -0.3 is 0 Å². The van der Waals surface area contributed by atoms with Gasteiger partial charge in [-0.3, -0.25) is 4.79 Å². The van der Waals surface area contributed by atoms with Crippen molar-refractivity contribution in [1.82, 2.24) is 5.01 Å². The van der Waals surface area contributed by atoms with Crippen LogP contribution >= 0.6 is 0 Å². The van der Waals surface area contributed by atoms with Crippen LogP contribution in [0.4, 0.5) is 0 Å². The summed E-state index contributed by atoms with van der Waals surface area (Å²) in [6, 6.07) is 0. The number of hydrogen-bond donors (Lipinski definition) is 0. The summed E-state index contributed by atoms with van der Waals surface area (Å²) in [4.78, 5) is 10.1. The van der Waals surface area contributed by atoms with E-state index in [1.165, 1.54) is 37.1 Å². The highest BCUT2D eigenvalue weighted by atomic mass is 16.1. The molecule has 0 rings (SSSR count). The fraction of sp³-hybridized carbons (Fsp3) is 0.800. The zero-order chi connectivity index (χ0) is 9.94. The number of hydrazone groups is 1. The van der Waals surface area contributed by atoms with Crippen molar-refractivity contribution < 1.29 is 4.79 Å². The summed E-state index contributed by atoms with van der Waals surface area (Å²) < 4.78 is 0. The van der Waals surface area contributed by atoms with E-state index in [-0.39, 0.29) is 0 Å². The van der Waals surface area contributed by atoms with Gasteiger partial charge in [-0.05, 0) is 12.8 Å². The van der Waals surface area contributed by atoms with Gasteiger partial charge in [0.2, 0.25) is 6.41 Å². The normalized spacial score (nSPS) is 10.6. The molecule has 0 aliphatic carbocycles. The van der Waals surface area contributed by atoms with Gasteiger partial charge in [0.25, 0.3) is 0 Å². The zero-order valence-electron chi connectivity index (χ0n) is 8.70. The van der Waals surface area contributed by atoms with Gasteiger partial charge >= 0.3 is 0 Å². The topological polar surface area (TPSA) is 32.7 Å². The highest BCUT2D eigenvalue weighted by Gasteiger charge is 1.87. The Morgan fingerprint density at radius 1 is 1.23 bits per heavy atom. The van der Waals surface area contributed by atoms with Gasteiger partial charge in [-0.25, -0.2) is 5.01 Å². The molecule has 0 spiro atoms. The number of unbranched alkanes of at least 4 members (excludes halogenated alkanes) is 5. The molecule has 0 bridgehead atoms. The van der Waals surface area contributed by atoms with Crippen molar-refractivity contribution >= 4 is 12.6 Å². The number of hydrogen-bond acceptors (Lipinski definition) is 2. The zero-order valence-corrected chi connectivity index (χ0v) is 8.70. The monoisotopic (exact) mass is 184 g/mol. The first-order valence-electron chi connectivity index (χ1n) is 5.01. The molecule has 0 saturated heterocycles. The molecule has 3 heteroatoms. The minimum atomic E-state index is 0.702. The first-order chi connectivity index (χ1) is 6.31. The van der Waals surface area contributed by atoms with Gasteiger partial charge in [0.15, 0.2) is 0 Å². The van der Waals surface area contributed by atoms with Crippen molar-refractivity contribution in [2.45, 2.75) is 45.4 Å². The molecule has 13 heavy (non-hydrogen) atoms. The van der Waals surface area contributed by atoms with Gasteiger partial charge in [0.05, 0.1) is 0 Å². The van der Waals surface area contributed by atoms with Crippen molar-refractivity contribution in [2.24, 2.45) is 5.10 Å². The number of amides is 1. The predicted molar refractivity (Wildman–Crippen MR) is 55.7 cm³/mol. The molecule has 3 nitrogen and oxygen atoms in total. The van der Waals surface area contributed by atoms with Crippen molar-refractivity contribution in [2.75, 3.05) is 7.05 Å². The molecule has 0 aromatic heterocycles. The van der Waals surface area contributed by atoms with Crippen LogP contribution in [-0.2, 0) is 4.79 Å². The molecule has 0 unspecified atom stereocenters. The molecular formula is C10H20N2O. The maximum atomic E-state index is 10.1. The van der Waals surface area contributed by atoms with Crippen LogP contribution < -0.4 is 0 Å². The summed E-state index contributed by atoms with van der Waals surface area (Å²) in [5.74, 6) is 0. The Morgan fingerprint density at radius 2 is 1.92 bits per heavy atom. The predicted octanol–water partition coefficient (Wildman–Crippen LogP) is 2.42. The second kappa shape index (κ2) is 9.23. The molecule has 1 amide bonds. The van der Waals surface area contributed by atoms with E-state index in [0.717, 1.165) is 6.42 Å². The number of carbonyl (C=O) groups excluding carboxylic acids is 1. The lowest BCUT2D eigenvalue weighted by molar-refractivity contribution is -0.116. The van der Waals surface area contributed by atoms with Crippen LogP contribution in [0.5, 0.6) is 0 Å². The summed E-state index contributed by atoms with van der Waals surface area (Å²) in [5, 5.41) is 5.18. The average Bonchev–Trinajstić information content (AvgIpc) is 2.16. The van der Waals surface area contributed by atoms with Crippen LogP contribution in [-0.4, -0.2) is 24.7 Å². The summed E-state index contributed by atoms with van der Waals surface area (Å²) in [5.41, 5.74) is 0. The molecule has 0 aromatic rings. The average molecular weight is 184 g/mol. The van der Waals surface area contributed by atoms with Crippen LogP contribution in [0.3, 0.4) is 0 Å². The molecule has 0 aliphatic rings. The highest BCUT2D eigenvalue weighted by molar-refractivity contribution is 5.59. The minimum Gasteiger partial charge on any atom is -0.277 e. The van der Waals surface area contributed by atoms with Crippen molar-refractivity contribution in [3.05, 3.63) is 0 Å². The molecule has 0 atom stereocenters. The molecule has 0 heterocycles. The third-order valence-electron chi connectivity index (χ3n) is 1.85. The van der Waals surface area contributed by atoms with Crippen molar-refractivity contribution in [3.8, 4) is 0 Å². The van der Waals surface area contributed by atoms with E-state index in [1.54, 1.807) is 13.3 Å². The van der Waals surface area contributed by atoms with Gasteiger partial charge in [-0.1, -0.05) is 32.6 Å². The van der Waals surface area contributed by atoms with Gasteiger partial charge in [-0.15, -0.1) is 0 Å². The van der Waals surface area contributed by atoms with Crippen LogP contribution in [0.1, 0.15) is 45.4 Å². The van der Waals surface area contributed by atoms with Crippen LogP contribution in [0.15, 0.2) is 5.10 Å². The van der Waals surface area contributed by atoms with E-state index < -0.39 is 0 Å². The molecule has 0 radical (unpaired) electrons. The Labute approximate surface area is 80.8 Å². The summed E-state index contributed by atoms with van der Waals surface area (Å²) in [7, 11) is 1.64. The quantitative estimate of drug-likeness (QED) is 0.247. The molecule has 0 fully saturated rings. The smallest absolute Gasteiger partial charge is 0.229 e. The van der Waals surface area contributed by atoms with Gasteiger partial charge in [0, 0.05) is 13.3 Å². The van der Waals surface area contributed by atoms with E-state index in [2.05, 4.69) is 12.0 Å². The van der Waals surface area contributed by atoms with E-state index >= 15 is 0 Å². The third-order valence-corrected chi connectivity index (χ3v) is 1.85. The molecule has 76 valence electrons. The highest BCUT2D eigenvalue weighted by Crippen LogP contribution is 2.03. The molecule has 0 aliphatic heterocycles. The first-order valence-corrected chi connectivity index (χ1v) is 5.01. The number of carbonyl (C=O) groups is 1. The third kappa shape index (κ3) is 9.05. The minimum absolute atomic E-state index is 0.702. The largest absolute Gasteiger partial charge is 0.277 e. The first kappa shape index (κ1) is 12.1. The Hall–Kier alpha value is -0.860. The second-order valence-electron chi connectivity index (χ2n) is 3.18. The Balaban J connectivity index is 3.15. The fourth-order valence-corrected chi connectivity index (χ4v) is 1.05. The van der Waals surface area contributed by atoms with E-state index in [9.17, 15) is 4.79 Å². The summed E-state index contributed by atoms with van der Waals surface area (Å²) in [6.07, 6.45) is 9.85. The number of nitrogens with zero attached hydrogens (tertiary/aromatic N) is 2. The maximum Gasteiger partial charge on any atom is 0.229 e. The SMILES string of the molecule is CCCCCCCC=NN(C)C=O. The van der Waals surface area contributed by atoms with E-state index in [1.807, 2.05) is 0 Å². The standard InChI is InChI=1S/C10H20N2O/c1-3-4-5-6-7-8-9-11-12(2)10-13/h9-10H,3-8H2,1-2H3.